The molecule has 1 rings (SSSR count). The van der Waals surface area contributed by atoms with Crippen molar-refractivity contribution in [1.29, 1.82) is 0 Å². The molecule has 0 spiro atoms. The summed E-state index contributed by atoms with van der Waals surface area (Å²) in [4.78, 5) is 18.4. The van der Waals surface area contributed by atoms with E-state index in [1.807, 2.05) is 0 Å². The van der Waals surface area contributed by atoms with Crippen molar-refractivity contribution < 1.29 is 22.8 Å². The number of hydrogen-bond acceptors (Lipinski definition) is 5. The molecule has 0 radical (unpaired) electrons. The molecule has 0 amide bonds. The average molecular weight is 273 g/mol. The molecular weight excluding hydrogens is 263 g/mol. The van der Waals surface area contributed by atoms with E-state index in [2.05, 4.69) is 15.0 Å². The molecular formula is C11H10F3N3O2. The summed E-state index contributed by atoms with van der Waals surface area (Å²) in [5.74, 6) is -2.15. The minimum atomic E-state index is -4.75. The number of benzene rings is 1. The smallest absolute Gasteiger partial charge is 0.399 e. The van der Waals surface area contributed by atoms with Gasteiger partial charge in [0.15, 0.2) is 0 Å². The molecule has 0 aliphatic rings. The fourth-order valence-corrected chi connectivity index (χ4v) is 1.07. The third-order valence-corrected chi connectivity index (χ3v) is 1.95. The van der Waals surface area contributed by atoms with Crippen LogP contribution < -0.4 is 5.73 Å². The van der Waals surface area contributed by atoms with Gasteiger partial charge in [-0.2, -0.15) is 13.2 Å². The topological polar surface area (TPSA) is 77.0 Å². The monoisotopic (exact) mass is 273 g/mol. The molecule has 5 nitrogen and oxygen atoms in total. The van der Waals surface area contributed by atoms with E-state index in [1.54, 1.807) is 0 Å². The van der Waals surface area contributed by atoms with E-state index in [0.29, 0.717) is 11.9 Å². The number of hydrogen-bond donors (Lipinski definition) is 1. The number of ketones is 1. The van der Waals surface area contributed by atoms with Gasteiger partial charge in [0.1, 0.15) is 6.21 Å². The van der Waals surface area contributed by atoms with Crippen molar-refractivity contribution in [2.24, 2.45) is 10.1 Å². The molecule has 8 heteroatoms. The number of nitrogens with two attached hydrogens (primary N) is 1. The van der Waals surface area contributed by atoms with Crippen LogP contribution in [0.15, 0.2) is 34.4 Å². The van der Waals surface area contributed by atoms with Crippen LogP contribution >= 0.6 is 0 Å². The van der Waals surface area contributed by atoms with E-state index in [1.165, 1.54) is 24.3 Å². The number of halogens is 3. The molecule has 102 valence electrons. The number of carbonyl (C=O) groups excluding carboxylic acids is 1. The number of Topliss-reactive ketones (excluding diaryl/α,β-unsaturated/α-hetero) is 1. The van der Waals surface area contributed by atoms with E-state index in [0.717, 1.165) is 7.05 Å². The molecule has 0 unspecified atom stereocenters. The molecule has 0 fully saturated rings. The van der Waals surface area contributed by atoms with Crippen LogP contribution in [0.1, 0.15) is 10.4 Å². The van der Waals surface area contributed by atoms with Crippen LogP contribution in [0.5, 0.6) is 0 Å². The van der Waals surface area contributed by atoms with Crippen LogP contribution in [0.3, 0.4) is 0 Å². The van der Waals surface area contributed by atoms with Crippen LogP contribution in [0.2, 0.25) is 0 Å². The molecule has 0 aliphatic heterocycles. The second kappa shape index (κ2) is 5.98. The summed E-state index contributed by atoms with van der Waals surface area (Å²) in [5.41, 5.74) is 6.11. The predicted octanol–water partition coefficient (Wildman–Crippen LogP) is 2.04. The highest BCUT2D eigenvalue weighted by molar-refractivity contribution is 6.35. The van der Waals surface area contributed by atoms with Gasteiger partial charge in [-0.1, -0.05) is 5.16 Å². The maximum atomic E-state index is 12.2. The first-order valence-electron chi connectivity index (χ1n) is 4.99. The molecule has 0 saturated heterocycles. The van der Waals surface area contributed by atoms with Crippen molar-refractivity contribution >= 4 is 23.6 Å². The zero-order valence-electron chi connectivity index (χ0n) is 9.81. The fourth-order valence-electron chi connectivity index (χ4n) is 1.07. The maximum Gasteiger partial charge on any atom is 0.471 e. The third-order valence-electron chi connectivity index (χ3n) is 1.95. The van der Waals surface area contributed by atoms with E-state index < -0.39 is 17.9 Å². The van der Waals surface area contributed by atoms with Crippen LogP contribution in [-0.4, -0.2) is 31.1 Å². The van der Waals surface area contributed by atoms with Gasteiger partial charge in [0.2, 0.25) is 5.78 Å². The second-order valence-corrected chi connectivity index (χ2v) is 3.34. The highest BCUT2D eigenvalue weighted by atomic mass is 19.4. The number of anilines is 1. The highest BCUT2D eigenvalue weighted by Gasteiger charge is 2.38. The van der Waals surface area contributed by atoms with Gasteiger partial charge in [0.05, 0.1) is 0 Å². The van der Waals surface area contributed by atoms with Gasteiger partial charge in [0.25, 0.3) is 0 Å². The number of carbonyl (C=O) groups is 1. The van der Waals surface area contributed by atoms with Gasteiger partial charge in [-0.25, -0.2) is 4.99 Å². The maximum absolute atomic E-state index is 12.2. The van der Waals surface area contributed by atoms with Crippen LogP contribution in [0, 0.1) is 0 Å². The Morgan fingerprint density at radius 1 is 1.32 bits per heavy atom. The molecule has 1 aromatic rings. The Hall–Kier alpha value is -2.38. The molecule has 0 atom stereocenters. The van der Waals surface area contributed by atoms with E-state index in [9.17, 15) is 18.0 Å². The molecule has 0 heterocycles. The minimum Gasteiger partial charge on any atom is -0.399 e. The quantitative estimate of drug-likeness (QED) is 0.301. The Kier molecular flexibility index (Phi) is 4.62. The Morgan fingerprint density at radius 2 is 1.89 bits per heavy atom. The standard InChI is InChI=1S/C11H10F3N3O2/c1-16-10(11(12,13)14)19-17-6-9(18)7-2-4-8(15)5-3-7/h2-6H,15H2,1H3/b16-10-,17-6+. The first-order chi connectivity index (χ1) is 8.84. The lowest BCUT2D eigenvalue weighted by molar-refractivity contribution is -0.0781. The highest BCUT2D eigenvalue weighted by Crippen LogP contribution is 2.17. The lowest BCUT2D eigenvalue weighted by Crippen LogP contribution is -2.24. The number of aliphatic imine (C=N–C) groups is 1. The zero-order valence-corrected chi connectivity index (χ0v) is 9.81. The Morgan fingerprint density at radius 3 is 2.37 bits per heavy atom. The minimum absolute atomic E-state index is 0.226. The summed E-state index contributed by atoms with van der Waals surface area (Å²) in [6.07, 6.45) is -4.13. The average Bonchev–Trinajstić information content (AvgIpc) is 2.33. The van der Waals surface area contributed by atoms with Gasteiger partial charge >= 0.3 is 12.1 Å². The Balaban J connectivity index is 2.67. The first kappa shape index (κ1) is 14.7. The fraction of sp³-hybridized carbons (Fsp3) is 0.182. The molecule has 19 heavy (non-hydrogen) atoms. The number of rotatable bonds is 3. The van der Waals surface area contributed by atoms with Gasteiger partial charge in [0, 0.05) is 18.3 Å². The molecule has 0 saturated carbocycles. The number of oxime groups is 1. The summed E-state index contributed by atoms with van der Waals surface area (Å²) in [7, 11) is 0.903. The molecule has 1 aromatic carbocycles. The molecule has 0 aromatic heterocycles. The van der Waals surface area contributed by atoms with E-state index in [-0.39, 0.29) is 5.56 Å². The van der Waals surface area contributed by atoms with Crippen molar-refractivity contribution in [3.63, 3.8) is 0 Å². The lowest BCUT2D eigenvalue weighted by Gasteiger charge is -2.05. The van der Waals surface area contributed by atoms with Crippen LogP contribution in [0.25, 0.3) is 0 Å². The van der Waals surface area contributed by atoms with Crippen LogP contribution in [0.4, 0.5) is 18.9 Å². The number of alkyl halides is 3. The summed E-state index contributed by atoms with van der Waals surface area (Å²) >= 11 is 0. The number of nitrogens with zero attached hydrogens (tertiary/aromatic N) is 2. The van der Waals surface area contributed by atoms with E-state index >= 15 is 0 Å². The Bertz CT molecular complexity index is 507. The van der Waals surface area contributed by atoms with Gasteiger partial charge in [-0.3, -0.25) is 4.79 Å². The third kappa shape index (κ3) is 4.41. The summed E-state index contributed by atoms with van der Waals surface area (Å²) < 4.78 is 36.6. The predicted molar refractivity (Wildman–Crippen MR) is 64.2 cm³/mol. The van der Waals surface area contributed by atoms with Crippen LogP contribution in [-0.2, 0) is 4.84 Å². The zero-order chi connectivity index (χ0) is 14.5. The SMILES string of the molecule is C/N=C(\O/N=C/C(=O)c1ccc(N)cc1)C(F)(F)F. The molecule has 2 N–H and O–H groups in total. The summed E-state index contributed by atoms with van der Waals surface area (Å²) in [6.45, 7) is 0. The van der Waals surface area contributed by atoms with Crippen molar-refractivity contribution in [1.82, 2.24) is 0 Å². The van der Waals surface area contributed by atoms with Crippen molar-refractivity contribution in [3.8, 4) is 0 Å². The Labute approximate surface area is 106 Å². The molecule has 0 aliphatic carbocycles. The van der Waals surface area contributed by atoms with Crippen molar-refractivity contribution in [2.75, 3.05) is 12.8 Å². The van der Waals surface area contributed by atoms with Crippen molar-refractivity contribution in [2.45, 2.75) is 6.18 Å². The normalized spacial score (nSPS) is 12.7. The van der Waals surface area contributed by atoms with E-state index in [4.69, 9.17) is 5.73 Å². The van der Waals surface area contributed by atoms with Gasteiger partial charge < -0.3 is 10.6 Å². The van der Waals surface area contributed by atoms with Crippen molar-refractivity contribution in [3.05, 3.63) is 29.8 Å². The summed E-state index contributed by atoms with van der Waals surface area (Å²) in [5, 5.41) is 2.95. The number of nitrogen functional groups attached to an aromatic ring is 1. The first-order valence-corrected chi connectivity index (χ1v) is 4.99. The lowest BCUT2D eigenvalue weighted by atomic mass is 10.1. The van der Waals surface area contributed by atoms with Gasteiger partial charge in [-0.15, -0.1) is 0 Å². The molecule has 0 bridgehead atoms. The van der Waals surface area contributed by atoms with Gasteiger partial charge in [-0.05, 0) is 24.3 Å². The second-order valence-electron chi connectivity index (χ2n) is 3.34. The largest absolute Gasteiger partial charge is 0.471 e. The summed E-state index contributed by atoms with van der Waals surface area (Å²) in [6, 6.07) is 5.80.